The van der Waals surface area contributed by atoms with Gasteiger partial charge in [0, 0.05) is 43.2 Å². The summed E-state index contributed by atoms with van der Waals surface area (Å²) in [6.07, 6.45) is 8.11. The van der Waals surface area contributed by atoms with E-state index in [1.54, 1.807) is 0 Å². The van der Waals surface area contributed by atoms with Gasteiger partial charge in [0.25, 0.3) is 0 Å². The molecule has 36 heavy (non-hydrogen) atoms. The van der Waals surface area contributed by atoms with E-state index in [2.05, 4.69) is 79.8 Å². The number of hydrogen-bond donors (Lipinski definition) is 2. The normalized spacial score (nSPS) is 40.9. The molecule has 194 valence electrons. The molecule has 2 aromatic carbocycles. The van der Waals surface area contributed by atoms with Crippen LogP contribution in [0.5, 0.6) is 0 Å². The van der Waals surface area contributed by atoms with E-state index in [0.29, 0.717) is 16.9 Å². The second kappa shape index (κ2) is 9.52. The Bertz CT molecular complexity index is 1070. The standard InChI is InChI=1S/C24H26OS.C7H15N2.W/c25-22-12-18-11-21(17-26-20-9-5-2-6-10-20)14-23(15-22,24(21,13-18)16-22)19-7-3-1-4-8-19;1-7(2)5-9-4-3-6(7)8;/h1-10,18,25H,11-17H2;6H,3-5,8H2,1-2H3;/q;-1;. The summed E-state index contributed by atoms with van der Waals surface area (Å²) in [5.41, 5.74) is 8.18. The predicted molar refractivity (Wildman–Crippen MR) is 146 cm³/mol. The Morgan fingerprint density at radius 3 is 2.28 bits per heavy atom. The fourth-order valence-corrected chi connectivity index (χ4v) is 10.4. The van der Waals surface area contributed by atoms with Gasteiger partial charge in [-0.15, -0.1) is 24.9 Å². The molecular formula is C31H41N2OSW-. The van der Waals surface area contributed by atoms with Crippen LogP contribution in [0.2, 0.25) is 0 Å². The molecule has 6 atom stereocenters. The van der Waals surface area contributed by atoms with Gasteiger partial charge in [0.1, 0.15) is 0 Å². The fourth-order valence-electron chi connectivity index (χ4n) is 9.12. The number of piperidine rings is 1. The summed E-state index contributed by atoms with van der Waals surface area (Å²) in [5.74, 6) is 1.95. The quantitative estimate of drug-likeness (QED) is 0.363. The second-order valence-corrected chi connectivity index (χ2v) is 14.2. The topological polar surface area (TPSA) is 60.4 Å². The molecule has 2 aromatic rings. The summed E-state index contributed by atoms with van der Waals surface area (Å²) in [4.78, 5) is 1.39. The van der Waals surface area contributed by atoms with Gasteiger partial charge in [-0.05, 0) is 78.4 Å². The molecule has 0 radical (unpaired) electrons. The average Bonchev–Trinajstić information content (AvgIpc) is 3.13. The van der Waals surface area contributed by atoms with Crippen LogP contribution in [0.4, 0.5) is 0 Å². The fraction of sp³-hybridized carbons (Fsp3) is 0.613. The number of benzene rings is 2. The molecule has 4 saturated carbocycles. The molecule has 1 spiro atoms. The van der Waals surface area contributed by atoms with Gasteiger partial charge in [0.2, 0.25) is 0 Å². The van der Waals surface area contributed by atoms with Gasteiger partial charge in [-0.2, -0.15) is 0 Å². The maximum Gasteiger partial charge on any atom is 0.0665 e. The number of rotatable bonds is 4. The van der Waals surface area contributed by atoms with Gasteiger partial charge in [-0.1, -0.05) is 68.8 Å². The van der Waals surface area contributed by atoms with Crippen LogP contribution < -0.4 is 5.73 Å². The van der Waals surface area contributed by atoms with Crippen molar-refractivity contribution in [2.75, 3.05) is 18.8 Å². The van der Waals surface area contributed by atoms with E-state index in [1.807, 2.05) is 11.8 Å². The Kier molecular flexibility index (Phi) is 7.13. The van der Waals surface area contributed by atoms with E-state index in [0.717, 1.165) is 44.7 Å². The van der Waals surface area contributed by atoms with Crippen molar-refractivity contribution >= 4 is 11.8 Å². The van der Waals surface area contributed by atoms with Gasteiger partial charge >= 0.3 is 0 Å². The van der Waals surface area contributed by atoms with E-state index in [1.165, 1.54) is 35.5 Å². The molecule has 3 N–H and O–H groups in total. The SMILES string of the molecule is CC1(C)C[N-]CCC1N.OC12CC3CC4(CSc5ccccc5)CC(c5ccccc5)(C1)C4(C3)C2.[W]. The molecule has 3 bridgehead atoms. The Morgan fingerprint density at radius 2 is 1.64 bits per heavy atom. The minimum atomic E-state index is -0.408. The summed E-state index contributed by atoms with van der Waals surface area (Å²) >= 11 is 2.05. The number of aliphatic hydroxyl groups is 1. The first-order chi connectivity index (χ1) is 16.7. The van der Waals surface area contributed by atoms with Crippen LogP contribution in [0.15, 0.2) is 65.6 Å². The Balaban J connectivity index is 0.000000229. The molecule has 1 saturated heterocycles. The maximum atomic E-state index is 11.4. The first-order valence-electron chi connectivity index (χ1n) is 13.6. The van der Waals surface area contributed by atoms with E-state index >= 15 is 0 Å². The van der Waals surface area contributed by atoms with Crippen LogP contribution in [-0.2, 0) is 26.5 Å². The van der Waals surface area contributed by atoms with Crippen molar-refractivity contribution in [1.82, 2.24) is 0 Å². The van der Waals surface area contributed by atoms with Gasteiger partial charge in [-0.3, -0.25) is 0 Å². The van der Waals surface area contributed by atoms with Crippen LogP contribution in [0.1, 0.15) is 64.4 Å². The van der Waals surface area contributed by atoms with Crippen molar-refractivity contribution in [1.29, 1.82) is 0 Å². The van der Waals surface area contributed by atoms with Gasteiger partial charge in [0.15, 0.2) is 0 Å². The Hall–Kier alpha value is -0.642. The van der Waals surface area contributed by atoms with Gasteiger partial charge in [0.05, 0.1) is 5.60 Å². The number of thioether (sulfide) groups is 1. The van der Waals surface area contributed by atoms with E-state index in [4.69, 9.17) is 5.73 Å². The van der Waals surface area contributed by atoms with Crippen LogP contribution in [0.3, 0.4) is 0 Å². The van der Waals surface area contributed by atoms with Crippen molar-refractivity contribution in [3.05, 3.63) is 71.5 Å². The number of nitrogens with zero attached hydrogens (tertiary/aromatic N) is 1. The summed E-state index contributed by atoms with van der Waals surface area (Å²) in [6.45, 7) is 6.26. The first-order valence-corrected chi connectivity index (χ1v) is 14.5. The minimum absolute atomic E-state index is 0. The van der Waals surface area contributed by atoms with Crippen LogP contribution >= 0.6 is 11.8 Å². The number of hydrogen-bond acceptors (Lipinski definition) is 3. The van der Waals surface area contributed by atoms with Crippen molar-refractivity contribution in [2.24, 2.45) is 27.9 Å². The maximum absolute atomic E-state index is 11.4. The summed E-state index contributed by atoms with van der Waals surface area (Å²) < 4.78 is 0. The Labute approximate surface area is 236 Å². The molecule has 6 unspecified atom stereocenters. The molecule has 5 aliphatic rings. The summed E-state index contributed by atoms with van der Waals surface area (Å²) in [6, 6.07) is 22.4. The third-order valence-electron chi connectivity index (χ3n) is 10.5. The zero-order chi connectivity index (χ0) is 24.4. The van der Waals surface area contributed by atoms with Crippen LogP contribution in [-0.4, -0.2) is 35.6 Å². The molecular weight excluding hydrogens is 632 g/mol. The van der Waals surface area contributed by atoms with Crippen LogP contribution in [0, 0.1) is 22.2 Å². The predicted octanol–water partition coefficient (Wildman–Crippen LogP) is 6.55. The molecule has 0 aromatic heterocycles. The molecule has 1 aliphatic heterocycles. The molecule has 3 nitrogen and oxygen atoms in total. The van der Waals surface area contributed by atoms with Crippen molar-refractivity contribution in [3.8, 4) is 0 Å². The monoisotopic (exact) mass is 673 g/mol. The minimum Gasteiger partial charge on any atom is -0.662 e. The van der Waals surface area contributed by atoms with E-state index in [-0.39, 0.29) is 31.9 Å². The largest absolute Gasteiger partial charge is 0.662 e. The summed E-state index contributed by atoms with van der Waals surface area (Å²) in [7, 11) is 0. The number of nitrogens with two attached hydrogens (primary N) is 1. The zero-order valence-corrected chi connectivity index (χ0v) is 25.5. The molecule has 7 rings (SSSR count). The van der Waals surface area contributed by atoms with Gasteiger partial charge < -0.3 is 16.2 Å². The average molecular weight is 674 g/mol. The number of fused-ring (bicyclic) bond motifs is 2. The molecule has 1 heterocycles. The second-order valence-electron chi connectivity index (χ2n) is 13.1. The van der Waals surface area contributed by atoms with Crippen molar-refractivity contribution in [2.45, 2.75) is 80.7 Å². The third-order valence-corrected chi connectivity index (χ3v) is 11.8. The van der Waals surface area contributed by atoms with E-state index in [9.17, 15) is 5.11 Å². The Morgan fingerprint density at radius 1 is 0.944 bits per heavy atom. The van der Waals surface area contributed by atoms with E-state index < -0.39 is 5.60 Å². The van der Waals surface area contributed by atoms with Gasteiger partial charge in [-0.25, -0.2) is 0 Å². The first kappa shape index (κ1) is 26.9. The smallest absolute Gasteiger partial charge is 0.0665 e. The molecule has 5 fully saturated rings. The molecule has 0 amide bonds. The molecule has 4 aliphatic carbocycles. The third kappa shape index (κ3) is 4.09. The molecule has 5 heteroatoms. The van der Waals surface area contributed by atoms with Crippen LogP contribution in [0.25, 0.3) is 5.32 Å². The zero-order valence-electron chi connectivity index (χ0n) is 21.8. The van der Waals surface area contributed by atoms with Crippen molar-refractivity contribution in [3.63, 3.8) is 0 Å². The van der Waals surface area contributed by atoms with Crippen molar-refractivity contribution < 1.29 is 26.2 Å². The summed E-state index contributed by atoms with van der Waals surface area (Å²) in [5, 5.41) is 15.7.